The fourth-order valence-electron chi connectivity index (χ4n) is 2.34. The van der Waals surface area contributed by atoms with E-state index in [1.807, 2.05) is 26.0 Å². The number of hydrogen-bond acceptors (Lipinski definition) is 1. The summed E-state index contributed by atoms with van der Waals surface area (Å²) in [6.07, 6.45) is 0. The Morgan fingerprint density at radius 2 is 1.65 bits per heavy atom. The molecule has 0 spiro atoms. The fraction of sp³-hybridized carbons (Fsp3) is 0.250. The molecule has 0 saturated heterocycles. The minimum Gasteiger partial charge on any atom is -0.496 e. The lowest BCUT2D eigenvalue weighted by Crippen LogP contribution is -1.98. The average molecular weight is 374 g/mol. The van der Waals surface area contributed by atoms with Crippen LogP contribution in [-0.2, 0) is 0 Å². The van der Waals surface area contributed by atoms with Gasteiger partial charge >= 0.3 is 0 Å². The van der Waals surface area contributed by atoms with Crippen LogP contribution in [0, 0.1) is 13.8 Å². The zero-order chi connectivity index (χ0) is 14.9. The summed E-state index contributed by atoms with van der Waals surface area (Å²) in [4.78, 5) is -0.00277. The van der Waals surface area contributed by atoms with Gasteiger partial charge in [-0.05, 0) is 54.3 Å². The van der Waals surface area contributed by atoms with Gasteiger partial charge in [0.1, 0.15) is 5.75 Å². The second-order valence-electron chi connectivity index (χ2n) is 4.72. The first-order valence-corrected chi connectivity index (χ1v) is 7.85. The number of ether oxygens (including phenoxy) is 1. The molecule has 0 aromatic heterocycles. The SMILES string of the molecule is COc1c(C)cc(C(Br)c2cc(Cl)ccc2Cl)cc1C. The number of halogens is 3. The maximum Gasteiger partial charge on any atom is 0.124 e. The highest BCUT2D eigenvalue weighted by molar-refractivity contribution is 9.09. The molecule has 1 nitrogen and oxygen atoms in total. The lowest BCUT2D eigenvalue weighted by Gasteiger charge is -2.17. The summed E-state index contributed by atoms with van der Waals surface area (Å²) in [7, 11) is 1.69. The van der Waals surface area contributed by atoms with E-state index >= 15 is 0 Å². The summed E-state index contributed by atoms with van der Waals surface area (Å²) >= 11 is 16.0. The summed E-state index contributed by atoms with van der Waals surface area (Å²) in [6.45, 7) is 4.07. The molecule has 20 heavy (non-hydrogen) atoms. The second kappa shape index (κ2) is 6.38. The van der Waals surface area contributed by atoms with Gasteiger partial charge in [0.25, 0.3) is 0 Å². The third kappa shape index (κ3) is 3.13. The zero-order valence-electron chi connectivity index (χ0n) is 11.5. The minimum atomic E-state index is -0.00277. The van der Waals surface area contributed by atoms with Crippen molar-refractivity contribution in [1.82, 2.24) is 0 Å². The number of methoxy groups -OCH3 is 1. The second-order valence-corrected chi connectivity index (χ2v) is 6.48. The standard InChI is InChI=1S/C16H15BrCl2O/c1-9-6-11(7-10(2)16(9)20-3)15(17)13-8-12(18)4-5-14(13)19/h4-8,15H,1-3H3. The van der Waals surface area contributed by atoms with E-state index in [1.54, 1.807) is 13.2 Å². The lowest BCUT2D eigenvalue weighted by atomic mass is 9.99. The van der Waals surface area contributed by atoms with Gasteiger partial charge in [-0.1, -0.05) is 51.3 Å². The van der Waals surface area contributed by atoms with Crippen LogP contribution in [0.4, 0.5) is 0 Å². The van der Waals surface area contributed by atoms with Crippen molar-refractivity contribution in [1.29, 1.82) is 0 Å². The molecule has 0 heterocycles. The average Bonchev–Trinajstić information content (AvgIpc) is 2.40. The normalized spacial score (nSPS) is 12.3. The minimum absolute atomic E-state index is 0.00277. The van der Waals surface area contributed by atoms with E-state index in [0.717, 1.165) is 28.0 Å². The third-order valence-corrected chi connectivity index (χ3v) is 4.81. The van der Waals surface area contributed by atoms with Gasteiger partial charge in [0.15, 0.2) is 0 Å². The van der Waals surface area contributed by atoms with Crippen molar-refractivity contribution < 1.29 is 4.74 Å². The summed E-state index contributed by atoms with van der Waals surface area (Å²) < 4.78 is 5.40. The first kappa shape index (κ1) is 15.7. The molecule has 1 unspecified atom stereocenters. The van der Waals surface area contributed by atoms with Gasteiger partial charge < -0.3 is 4.74 Å². The summed E-state index contributed by atoms with van der Waals surface area (Å²) in [5, 5.41) is 1.37. The summed E-state index contributed by atoms with van der Waals surface area (Å²) in [6, 6.07) is 9.69. The van der Waals surface area contributed by atoms with E-state index in [0.29, 0.717) is 10.0 Å². The molecular formula is C16H15BrCl2O. The van der Waals surface area contributed by atoms with Crippen molar-refractivity contribution in [2.24, 2.45) is 0 Å². The summed E-state index contributed by atoms with van der Waals surface area (Å²) in [5.74, 6) is 0.922. The topological polar surface area (TPSA) is 9.23 Å². The van der Waals surface area contributed by atoms with Crippen molar-refractivity contribution in [3.8, 4) is 5.75 Å². The van der Waals surface area contributed by atoms with Gasteiger partial charge in [-0.3, -0.25) is 0 Å². The highest BCUT2D eigenvalue weighted by Gasteiger charge is 2.16. The maximum atomic E-state index is 6.27. The van der Waals surface area contributed by atoms with E-state index in [-0.39, 0.29) is 4.83 Å². The fourth-order valence-corrected chi connectivity index (χ4v) is 3.52. The van der Waals surface area contributed by atoms with E-state index in [2.05, 4.69) is 28.1 Å². The molecule has 106 valence electrons. The summed E-state index contributed by atoms with van der Waals surface area (Å²) in [5.41, 5.74) is 4.29. The third-order valence-electron chi connectivity index (χ3n) is 3.21. The molecular weight excluding hydrogens is 359 g/mol. The Bertz CT molecular complexity index is 617. The Balaban J connectivity index is 2.48. The van der Waals surface area contributed by atoms with Crippen LogP contribution in [0.25, 0.3) is 0 Å². The van der Waals surface area contributed by atoms with Crippen molar-refractivity contribution in [2.75, 3.05) is 7.11 Å². The van der Waals surface area contributed by atoms with Crippen LogP contribution in [0.2, 0.25) is 10.0 Å². The maximum absolute atomic E-state index is 6.27. The molecule has 2 aromatic carbocycles. The van der Waals surface area contributed by atoms with Crippen molar-refractivity contribution >= 4 is 39.1 Å². The number of aryl methyl sites for hydroxylation is 2. The molecule has 4 heteroatoms. The molecule has 0 amide bonds. The van der Waals surface area contributed by atoms with Gasteiger partial charge in [-0.25, -0.2) is 0 Å². The molecule has 0 aliphatic heterocycles. The molecule has 2 rings (SSSR count). The van der Waals surface area contributed by atoms with Crippen LogP contribution in [-0.4, -0.2) is 7.11 Å². The number of alkyl halides is 1. The number of hydrogen-bond donors (Lipinski definition) is 0. The molecule has 0 radical (unpaired) electrons. The molecule has 0 N–H and O–H groups in total. The molecule has 1 atom stereocenters. The molecule has 0 aliphatic rings. The van der Waals surface area contributed by atoms with Gasteiger partial charge in [0, 0.05) is 10.0 Å². The molecule has 0 aliphatic carbocycles. The van der Waals surface area contributed by atoms with E-state index in [9.17, 15) is 0 Å². The smallest absolute Gasteiger partial charge is 0.124 e. The quantitative estimate of drug-likeness (QED) is 0.590. The predicted octanol–water partition coefficient (Wildman–Crippen LogP) is 6.10. The van der Waals surface area contributed by atoms with Crippen LogP contribution in [0.15, 0.2) is 30.3 Å². The van der Waals surface area contributed by atoms with Gasteiger partial charge in [-0.15, -0.1) is 0 Å². The highest BCUT2D eigenvalue weighted by atomic mass is 79.9. The number of benzene rings is 2. The molecule has 0 bridgehead atoms. The molecule has 0 saturated carbocycles. The van der Waals surface area contributed by atoms with Gasteiger partial charge in [-0.2, -0.15) is 0 Å². The first-order valence-electron chi connectivity index (χ1n) is 6.18. The van der Waals surface area contributed by atoms with Gasteiger partial charge in [0.05, 0.1) is 11.9 Å². The van der Waals surface area contributed by atoms with Crippen LogP contribution in [0.5, 0.6) is 5.75 Å². The predicted molar refractivity (Wildman–Crippen MR) is 89.7 cm³/mol. The largest absolute Gasteiger partial charge is 0.496 e. The first-order chi connectivity index (χ1) is 9.43. The Morgan fingerprint density at radius 1 is 1.05 bits per heavy atom. The van der Waals surface area contributed by atoms with Crippen molar-refractivity contribution in [3.63, 3.8) is 0 Å². The monoisotopic (exact) mass is 372 g/mol. The van der Waals surface area contributed by atoms with E-state index in [4.69, 9.17) is 27.9 Å². The van der Waals surface area contributed by atoms with Crippen molar-refractivity contribution in [2.45, 2.75) is 18.7 Å². The Hall–Kier alpha value is -0.700. The molecule has 2 aromatic rings. The lowest BCUT2D eigenvalue weighted by molar-refractivity contribution is 0.408. The van der Waals surface area contributed by atoms with Crippen LogP contribution in [0.1, 0.15) is 27.1 Å². The highest BCUT2D eigenvalue weighted by Crippen LogP contribution is 2.39. The van der Waals surface area contributed by atoms with Crippen LogP contribution in [0.3, 0.4) is 0 Å². The number of rotatable bonds is 3. The van der Waals surface area contributed by atoms with Crippen LogP contribution < -0.4 is 4.74 Å². The Labute approximate surface area is 138 Å². The van der Waals surface area contributed by atoms with Gasteiger partial charge in [0.2, 0.25) is 0 Å². The van der Waals surface area contributed by atoms with E-state index in [1.165, 1.54) is 0 Å². The van der Waals surface area contributed by atoms with E-state index < -0.39 is 0 Å². The molecule has 0 fully saturated rings. The Morgan fingerprint density at radius 3 is 2.20 bits per heavy atom. The van der Waals surface area contributed by atoms with Crippen molar-refractivity contribution in [3.05, 3.63) is 62.6 Å². The van der Waals surface area contributed by atoms with Crippen LogP contribution >= 0.6 is 39.1 Å². The zero-order valence-corrected chi connectivity index (χ0v) is 14.6. The Kier molecular flexibility index (Phi) is 5.00.